The number of carbonyl (C=O) groups excluding carboxylic acids is 2. The summed E-state index contributed by atoms with van der Waals surface area (Å²) < 4.78 is 0. The first-order valence-electron chi connectivity index (χ1n) is 7.89. The second-order valence-corrected chi connectivity index (χ2v) is 7.17. The van der Waals surface area contributed by atoms with Crippen molar-refractivity contribution >= 4 is 23.4 Å². The quantitative estimate of drug-likeness (QED) is 0.827. The van der Waals surface area contributed by atoms with E-state index < -0.39 is 5.54 Å². The van der Waals surface area contributed by atoms with Crippen LogP contribution in [0.5, 0.6) is 0 Å². The predicted octanol–water partition coefficient (Wildman–Crippen LogP) is 4.11. The van der Waals surface area contributed by atoms with E-state index in [0.29, 0.717) is 10.6 Å². The Labute approximate surface area is 142 Å². The minimum absolute atomic E-state index is 0.193. The van der Waals surface area contributed by atoms with Crippen molar-refractivity contribution < 1.29 is 9.59 Å². The Hall–Kier alpha value is -1.81. The normalized spacial score (nSPS) is 14.9. The van der Waals surface area contributed by atoms with Gasteiger partial charge in [-0.05, 0) is 70.7 Å². The lowest BCUT2D eigenvalue weighted by Gasteiger charge is -2.36. The van der Waals surface area contributed by atoms with Crippen LogP contribution in [0.15, 0.2) is 35.9 Å². The van der Waals surface area contributed by atoms with Crippen LogP contribution in [0, 0.1) is 0 Å². The minimum Gasteiger partial charge on any atom is -0.268 e. The fourth-order valence-corrected chi connectivity index (χ4v) is 2.59. The van der Waals surface area contributed by atoms with Gasteiger partial charge < -0.3 is 0 Å². The molecule has 0 saturated heterocycles. The van der Waals surface area contributed by atoms with Gasteiger partial charge >= 0.3 is 0 Å². The standard InChI is InChI=1S/C18H23ClN2O2/c1-18(2,3)21(17(23)14-9-11-15(19)12-10-14)20-16(22)13-7-5-4-6-8-13/h7,9-12H,4-6,8H2,1-3H3,(H,20,22). The molecule has 1 aliphatic carbocycles. The summed E-state index contributed by atoms with van der Waals surface area (Å²) in [6, 6.07) is 6.66. The largest absolute Gasteiger partial charge is 0.272 e. The summed E-state index contributed by atoms with van der Waals surface area (Å²) in [5, 5.41) is 1.97. The summed E-state index contributed by atoms with van der Waals surface area (Å²) in [4.78, 5) is 25.2. The van der Waals surface area contributed by atoms with E-state index in [1.54, 1.807) is 24.3 Å². The second kappa shape index (κ2) is 7.18. The van der Waals surface area contributed by atoms with E-state index in [9.17, 15) is 9.59 Å². The van der Waals surface area contributed by atoms with Gasteiger partial charge in [0.15, 0.2) is 0 Å². The molecule has 0 spiro atoms. The molecule has 23 heavy (non-hydrogen) atoms. The predicted molar refractivity (Wildman–Crippen MR) is 92.1 cm³/mol. The number of nitrogens with one attached hydrogen (secondary N) is 1. The van der Waals surface area contributed by atoms with Crippen molar-refractivity contribution in [2.24, 2.45) is 0 Å². The van der Waals surface area contributed by atoms with Crippen molar-refractivity contribution in [2.45, 2.75) is 52.0 Å². The molecule has 4 nitrogen and oxygen atoms in total. The zero-order valence-corrected chi connectivity index (χ0v) is 14.6. The number of hydrogen-bond acceptors (Lipinski definition) is 2. The topological polar surface area (TPSA) is 49.4 Å². The summed E-state index contributed by atoms with van der Waals surface area (Å²) in [5.74, 6) is -0.444. The molecule has 5 heteroatoms. The molecule has 0 fully saturated rings. The average Bonchev–Trinajstić information content (AvgIpc) is 2.52. The molecule has 0 aromatic heterocycles. The van der Waals surface area contributed by atoms with Crippen LogP contribution in [-0.4, -0.2) is 22.4 Å². The van der Waals surface area contributed by atoms with Gasteiger partial charge in [-0.2, -0.15) is 0 Å². The van der Waals surface area contributed by atoms with Crippen LogP contribution in [0.25, 0.3) is 0 Å². The minimum atomic E-state index is -0.540. The van der Waals surface area contributed by atoms with E-state index in [0.717, 1.165) is 31.3 Å². The molecule has 0 radical (unpaired) electrons. The monoisotopic (exact) mass is 334 g/mol. The van der Waals surface area contributed by atoms with Crippen molar-refractivity contribution in [3.8, 4) is 0 Å². The molecule has 0 bridgehead atoms. The van der Waals surface area contributed by atoms with Crippen molar-refractivity contribution in [1.82, 2.24) is 10.4 Å². The van der Waals surface area contributed by atoms with E-state index in [1.165, 1.54) is 5.01 Å². The first-order valence-corrected chi connectivity index (χ1v) is 8.27. The van der Waals surface area contributed by atoms with Gasteiger partial charge in [0, 0.05) is 16.2 Å². The fourth-order valence-electron chi connectivity index (χ4n) is 2.46. The Bertz CT molecular complexity index is 615. The van der Waals surface area contributed by atoms with Crippen LogP contribution in [-0.2, 0) is 4.79 Å². The Kier molecular flexibility index (Phi) is 5.47. The third kappa shape index (κ3) is 4.58. The van der Waals surface area contributed by atoms with Gasteiger partial charge in [-0.15, -0.1) is 0 Å². The summed E-state index contributed by atoms with van der Waals surface area (Å²) in [6.07, 6.45) is 5.78. The number of nitrogens with zero attached hydrogens (tertiary/aromatic N) is 1. The highest BCUT2D eigenvalue weighted by atomic mass is 35.5. The number of amides is 2. The summed E-state index contributed by atoms with van der Waals surface area (Å²) >= 11 is 5.87. The number of benzene rings is 1. The highest BCUT2D eigenvalue weighted by Crippen LogP contribution is 2.20. The summed E-state index contributed by atoms with van der Waals surface area (Å²) in [7, 11) is 0. The van der Waals surface area contributed by atoms with Crippen molar-refractivity contribution in [3.63, 3.8) is 0 Å². The molecule has 0 atom stereocenters. The van der Waals surface area contributed by atoms with Gasteiger partial charge in [-0.25, -0.2) is 5.01 Å². The number of halogens is 1. The maximum absolute atomic E-state index is 12.8. The first-order chi connectivity index (χ1) is 10.8. The van der Waals surface area contributed by atoms with Crippen molar-refractivity contribution in [2.75, 3.05) is 0 Å². The van der Waals surface area contributed by atoms with Gasteiger partial charge in [0.05, 0.1) is 5.54 Å². The molecule has 1 aromatic rings. The lowest BCUT2D eigenvalue weighted by atomic mass is 9.99. The Balaban J connectivity index is 2.20. The number of hydrazine groups is 1. The van der Waals surface area contributed by atoms with Crippen LogP contribution in [0.1, 0.15) is 56.8 Å². The first kappa shape index (κ1) is 17.5. The fraction of sp³-hybridized carbons (Fsp3) is 0.444. The third-order valence-electron chi connectivity index (χ3n) is 3.76. The van der Waals surface area contributed by atoms with Crippen LogP contribution in [0.2, 0.25) is 5.02 Å². The number of carbonyl (C=O) groups is 2. The number of hydrogen-bond donors (Lipinski definition) is 1. The molecule has 0 heterocycles. The van der Waals surface area contributed by atoms with Crippen LogP contribution in [0.4, 0.5) is 0 Å². The number of rotatable bonds is 2. The van der Waals surface area contributed by atoms with E-state index in [-0.39, 0.29) is 11.8 Å². The lowest BCUT2D eigenvalue weighted by Crippen LogP contribution is -2.56. The Morgan fingerprint density at radius 1 is 1.13 bits per heavy atom. The van der Waals surface area contributed by atoms with Gasteiger partial charge in [-0.1, -0.05) is 17.7 Å². The maximum atomic E-state index is 12.8. The molecule has 124 valence electrons. The van der Waals surface area contributed by atoms with Crippen LogP contribution >= 0.6 is 11.6 Å². The second-order valence-electron chi connectivity index (χ2n) is 6.73. The van der Waals surface area contributed by atoms with E-state index in [1.807, 2.05) is 26.8 Å². The SMILES string of the molecule is CC(C)(C)N(NC(=O)C1=CCCCC1)C(=O)c1ccc(Cl)cc1. The van der Waals surface area contributed by atoms with Gasteiger partial charge in [0.1, 0.15) is 0 Å². The molecule has 0 unspecified atom stereocenters. The van der Waals surface area contributed by atoms with E-state index in [4.69, 9.17) is 11.6 Å². The van der Waals surface area contributed by atoms with Crippen LogP contribution < -0.4 is 5.43 Å². The Morgan fingerprint density at radius 2 is 1.78 bits per heavy atom. The van der Waals surface area contributed by atoms with E-state index in [2.05, 4.69) is 5.43 Å². The lowest BCUT2D eigenvalue weighted by molar-refractivity contribution is -0.123. The molecular formula is C18H23ClN2O2. The maximum Gasteiger partial charge on any atom is 0.272 e. The highest BCUT2D eigenvalue weighted by Gasteiger charge is 2.30. The summed E-state index contributed by atoms with van der Waals surface area (Å²) in [5.41, 5.74) is 3.49. The summed E-state index contributed by atoms with van der Waals surface area (Å²) in [6.45, 7) is 5.66. The zero-order valence-electron chi connectivity index (χ0n) is 13.9. The van der Waals surface area contributed by atoms with Crippen molar-refractivity contribution in [1.29, 1.82) is 0 Å². The van der Waals surface area contributed by atoms with Gasteiger partial charge in [0.25, 0.3) is 11.8 Å². The smallest absolute Gasteiger partial charge is 0.268 e. The molecule has 1 aliphatic rings. The molecule has 2 rings (SSSR count). The average molecular weight is 335 g/mol. The van der Waals surface area contributed by atoms with Crippen molar-refractivity contribution in [3.05, 3.63) is 46.5 Å². The van der Waals surface area contributed by atoms with E-state index >= 15 is 0 Å². The molecule has 0 aliphatic heterocycles. The third-order valence-corrected chi connectivity index (χ3v) is 4.01. The zero-order chi connectivity index (χ0) is 17.0. The molecule has 2 amide bonds. The molecular weight excluding hydrogens is 312 g/mol. The highest BCUT2D eigenvalue weighted by molar-refractivity contribution is 6.30. The van der Waals surface area contributed by atoms with Gasteiger partial charge in [-0.3, -0.25) is 15.0 Å². The molecule has 1 aromatic carbocycles. The van der Waals surface area contributed by atoms with Gasteiger partial charge in [0.2, 0.25) is 0 Å². The van der Waals surface area contributed by atoms with Crippen LogP contribution in [0.3, 0.4) is 0 Å². The Morgan fingerprint density at radius 3 is 2.30 bits per heavy atom. The number of allylic oxidation sites excluding steroid dienone is 1. The molecule has 0 saturated carbocycles. The molecule has 1 N–H and O–H groups in total.